The van der Waals surface area contributed by atoms with Crippen LogP contribution in [0.4, 0.5) is 0 Å². The standard InChI is InChI=1S/C24H28N4O5/c29-21(25-15-18-9-6-14-33-18)12-5-13-27-23(31)19-10-3-4-11-20(19)28(24(27)32)16-22(30)26-17-7-1-2-8-17/h3-4,6,9-11,14,17H,1-2,5,7-8,12-13,15-16H2,(H,25,29)(H,26,30). The summed E-state index contributed by atoms with van der Waals surface area (Å²) in [5.41, 5.74) is -0.531. The Morgan fingerprint density at radius 3 is 2.55 bits per heavy atom. The summed E-state index contributed by atoms with van der Waals surface area (Å²) in [7, 11) is 0. The fourth-order valence-electron chi connectivity index (χ4n) is 4.29. The molecule has 0 aliphatic heterocycles. The van der Waals surface area contributed by atoms with Gasteiger partial charge in [-0.15, -0.1) is 0 Å². The van der Waals surface area contributed by atoms with E-state index in [4.69, 9.17) is 4.42 Å². The third kappa shape index (κ3) is 5.42. The highest BCUT2D eigenvalue weighted by atomic mass is 16.3. The molecule has 33 heavy (non-hydrogen) atoms. The number of amides is 2. The largest absolute Gasteiger partial charge is 0.467 e. The van der Waals surface area contributed by atoms with Crippen molar-refractivity contribution in [3.63, 3.8) is 0 Å². The van der Waals surface area contributed by atoms with Gasteiger partial charge in [0.2, 0.25) is 11.8 Å². The molecule has 1 fully saturated rings. The van der Waals surface area contributed by atoms with Crippen molar-refractivity contribution in [3.05, 3.63) is 69.3 Å². The maximum absolute atomic E-state index is 13.2. The van der Waals surface area contributed by atoms with E-state index in [2.05, 4.69) is 10.6 Å². The second-order valence-electron chi connectivity index (χ2n) is 8.35. The lowest BCUT2D eigenvalue weighted by Gasteiger charge is -2.16. The Labute approximate surface area is 190 Å². The molecule has 0 spiro atoms. The van der Waals surface area contributed by atoms with E-state index in [1.165, 1.54) is 10.8 Å². The topological polar surface area (TPSA) is 115 Å². The lowest BCUT2D eigenvalue weighted by atomic mass is 10.2. The lowest BCUT2D eigenvalue weighted by molar-refractivity contribution is -0.122. The van der Waals surface area contributed by atoms with Crippen LogP contribution in [0.15, 0.2) is 56.7 Å². The minimum absolute atomic E-state index is 0.0842. The fraction of sp³-hybridized carbons (Fsp3) is 0.417. The van der Waals surface area contributed by atoms with Gasteiger partial charge in [0, 0.05) is 19.0 Å². The van der Waals surface area contributed by atoms with Crippen LogP contribution in [0.5, 0.6) is 0 Å². The molecule has 9 nitrogen and oxygen atoms in total. The molecule has 0 saturated heterocycles. The van der Waals surface area contributed by atoms with Gasteiger partial charge in [-0.3, -0.25) is 23.5 Å². The van der Waals surface area contributed by atoms with Crippen LogP contribution in [0.2, 0.25) is 0 Å². The number of para-hydroxylation sites is 1. The molecule has 1 aliphatic carbocycles. The molecule has 1 aromatic carbocycles. The number of carbonyl (C=O) groups is 2. The Balaban J connectivity index is 1.47. The van der Waals surface area contributed by atoms with E-state index in [1.54, 1.807) is 36.4 Å². The number of fused-ring (bicyclic) bond motifs is 1. The summed E-state index contributed by atoms with van der Waals surface area (Å²) in [6.45, 7) is 0.214. The zero-order valence-corrected chi connectivity index (χ0v) is 18.4. The van der Waals surface area contributed by atoms with Crippen LogP contribution in [0.25, 0.3) is 10.9 Å². The van der Waals surface area contributed by atoms with Gasteiger partial charge in [-0.25, -0.2) is 4.79 Å². The summed E-state index contributed by atoms with van der Waals surface area (Å²) in [6, 6.07) is 10.4. The third-order valence-corrected chi connectivity index (χ3v) is 5.98. The summed E-state index contributed by atoms with van der Waals surface area (Å²) in [6.07, 6.45) is 6.08. The van der Waals surface area contributed by atoms with Gasteiger partial charge >= 0.3 is 5.69 Å². The minimum Gasteiger partial charge on any atom is -0.467 e. The van der Waals surface area contributed by atoms with E-state index in [9.17, 15) is 19.2 Å². The number of nitrogens with zero attached hydrogens (tertiary/aromatic N) is 2. The highest BCUT2D eigenvalue weighted by molar-refractivity contribution is 5.81. The molecule has 2 aromatic heterocycles. The van der Waals surface area contributed by atoms with Crippen LogP contribution in [-0.4, -0.2) is 27.0 Å². The molecular formula is C24H28N4O5. The Morgan fingerprint density at radius 1 is 1.00 bits per heavy atom. The van der Waals surface area contributed by atoms with Gasteiger partial charge in [0.25, 0.3) is 5.56 Å². The van der Waals surface area contributed by atoms with Gasteiger partial charge in [-0.05, 0) is 43.5 Å². The number of rotatable bonds is 9. The van der Waals surface area contributed by atoms with Gasteiger partial charge in [0.15, 0.2) is 0 Å². The quantitative estimate of drug-likeness (QED) is 0.515. The molecule has 9 heteroatoms. The fourth-order valence-corrected chi connectivity index (χ4v) is 4.29. The molecule has 2 amide bonds. The highest BCUT2D eigenvalue weighted by Gasteiger charge is 2.19. The van der Waals surface area contributed by atoms with Gasteiger partial charge in [-0.1, -0.05) is 25.0 Å². The van der Waals surface area contributed by atoms with Crippen LogP contribution in [-0.2, 0) is 29.2 Å². The van der Waals surface area contributed by atoms with Gasteiger partial charge in [0.05, 0.1) is 23.7 Å². The normalized spacial score (nSPS) is 13.9. The highest BCUT2D eigenvalue weighted by Crippen LogP contribution is 2.17. The van der Waals surface area contributed by atoms with E-state index in [1.807, 2.05) is 0 Å². The number of hydrogen-bond acceptors (Lipinski definition) is 5. The third-order valence-electron chi connectivity index (χ3n) is 5.98. The van der Waals surface area contributed by atoms with Crippen molar-refractivity contribution in [1.29, 1.82) is 0 Å². The van der Waals surface area contributed by atoms with Crippen LogP contribution >= 0.6 is 0 Å². The molecule has 0 bridgehead atoms. The summed E-state index contributed by atoms with van der Waals surface area (Å²) in [5, 5.41) is 6.10. The molecule has 0 unspecified atom stereocenters. The minimum atomic E-state index is -0.545. The molecule has 3 aromatic rings. The van der Waals surface area contributed by atoms with E-state index in [0.29, 0.717) is 23.1 Å². The van der Waals surface area contributed by atoms with Gasteiger partial charge < -0.3 is 15.1 Å². The first-order valence-electron chi connectivity index (χ1n) is 11.3. The Hall–Kier alpha value is -3.62. The smallest absolute Gasteiger partial charge is 0.331 e. The maximum atomic E-state index is 13.2. The summed E-state index contributed by atoms with van der Waals surface area (Å²) in [4.78, 5) is 50.9. The van der Waals surface area contributed by atoms with Crippen molar-refractivity contribution in [2.75, 3.05) is 0 Å². The molecule has 2 N–H and O–H groups in total. The predicted octanol–water partition coefficient (Wildman–Crippen LogP) is 1.91. The van der Waals surface area contributed by atoms with E-state index in [0.717, 1.165) is 30.3 Å². The van der Waals surface area contributed by atoms with Crippen molar-refractivity contribution < 1.29 is 14.0 Å². The van der Waals surface area contributed by atoms with E-state index >= 15 is 0 Å². The average molecular weight is 453 g/mol. The summed E-state index contributed by atoms with van der Waals surface area (Å²) >= 11 is 0. The molecule has 2 heterocycles. The molecule has 1 aliphatic rings. The monoisotopic (exact) mass is 452 g/mol. The number of aromatic nitrogens is 2. The molecular weight excluding hydrogens is 424 g/mol. The molecule has 0 radical (unpaired) electrons. The predicted molar refractivity (Wildman–Crippen MR) is 123 cm³/mol. The molecule has 1 saturated carbocycles. The van der Waals surface area contributed by atoms with Crippen molar-refractivity contribution in [2.24, 2.45) is 0 Å². The first kappa shape index (κ1) is 22.6. The number of furan rings is 1. The van der Waals surface area contributed by atoms with Crippen LogP contribution in [0, 0.1) is 0 Å². The van der Waals surface area contributed by atoms with Crippen molar-refractivity contribution in [1.82, 2.24) is 19.8 Å². The molecule has 0 atom stereocenters. The van der Waals surface area contributed by atoms with Crippen molar-refractivity contribution in [3.8, 4) is 0 Å². The van der Waals surface area contributed by atoms with Gasteiger partial charge in [0.1, 0.15) is 12.3 Å². The Bertz CT molecular complexity index is 1240. The first-order valence-corrected chi connectivity index (χ1v) is 11.3. The van der Waals surface area contributed by atoms with Crippen molar-refractivity contribution >= 4 is 22.7 Å². The van der Waals surface area contributed by atoms with Gasteiger partial charge in [-0.2, -0.15) is 0 Å². The Kier molecular flexibility index (Phi) is 7.07. The SMILES string of the molecule is O=C(CCCn1c(=O)c2ccccc2n(CC(=O)NC2CCCC2)c1=O)NCc1ccco1. The number of carbonyl (C=O) groups excluding carboxylic acids is 2. The lowest BCUT2D eigenvalue weighted by Crippen LogP contribution is -2.44. The number of hydrogen-bond donors (Lipinski definition) is 2. The molecule has 174 valence electrons. The Morgan fingerprint density at radius 2 is 1.79 bits per heavy atom. The number of benzene rings is 1. The maximum Gasteiger partial charge on any atom is 0.331 e. The average Bonchev–Trinajstić information content (AvgIpc) is 3.52. The first-order chi connectivity index (χ1) is 16.0. The van der Waals surface area contributed by atoms with Crippen LogP contribution < -0.4 is 21.9 Å². The van der Waals surface area contributed by atoms with Crippen molar-refractivity contribution in [2.45, 2.75) is 64.2 Å². The summed E-state index contributed by atoms with van der Waals surface area (Å²) < 4.78 is 7.64. The summed E-state index contributed by atoms with van der Waals surface area (Å²) in [5.74, 6) is 0.209. The molecule has 4 rings (SSSR count). The second kappa shape index (κ2) is 10.3. The number of nitrogens with one attached hydrogen (secondary N) is 2. The second-order valence-corrected chi connectivity index (χ2v) is 8.35. The van der Waals surface area contributed by atoms with E-state index in [-0.39, 0.29) is 43.9 Å². The van der Waals surface area contributed by atoms with Crippen LogP contribution in [0.1, 0.15) is 44.3 Å². The van der Waals surface area contributed by atoms with Crippen LogP contribution in [0.3, 0.4) is 0 Å². The zero-order chi connectivity index (χ0) is 23.2. The zero-order valence-electron chi connectivity index (χ0n) is 18.4. The van der Waals surface area contributed by atoms with E-state index < -0.39 is 11.2 Å².